The van der Waals surface area contributed by atoms with E-state index in [1.54, 1.807) is 26.2 Å². The molecule has 3 heterocycles. The first-order valence-electron chi connectivity index (χ1n) is 19.1. The average Bonchev–Trinajstić information content (AvgIpc) is 3.82. The first kappa shape index (κ1) is 52.8. The fraction of sp³-hybridized carbons (Fsp3) is 0.372. The van der Waals surface area contributed by atoms with Crippen molar-refractivity contribution >= 4 is 126 Å². The molecule has 11 nitrogen and oxygen atoms in total. The number of benzene rings is 3. The van der Waals surface area contributed by atoms with Gasteiger partial charge in [0.2, 0.25) is 6.29 Å². The number of aryl methyl sites for hydroxylation is 2. The second-order valence-corrected chi connectivity index (χ2v) is 15.7. The minimum Gasteiger partial charge on any atom is -0.444 e. The van der Waals surface area contributed by atoms with E-state index in [1.807, 2.05) is 132 Å². The highest BCUT2D eigenvalue weighted by atomic mass is 127. The SMILES string of the molecule is CC(C)(C)OC(=O)Nc1cccc2[nH]cc(Cl)c12.CI.CN(C(=O)OC(C)(C)C)c1cccc2c1c(Cl)cn2C.CNc1cccc2c1c(Cl)cn2C.O=CC(F)(F)F.[2H]CC. The van der Waals surface area contributed by atoms with Crippen molar-refractivity contribution < 1.29 is 38.4 Å². The second kappa shape index (κ2) is 24.4. The van der Waals surface area contributed by atoms with Crippen LogP contribution >= 0.6 is 57.4 Å². The number of H-pyrrole nitrogens is 1. The molecule has 0 bridgehead atoms. The van der Waals surface area contributed by atoms with Crippen molar-refractivity contribution in [2.75, 3.05) is 34.6 Å². The van der Waals surface area contributed by atoms with E-state index in [9.17, 15) is 22.8 Å². The van der Waals surface area contributed by atoms with Gasteiger partial charge < -0.3 is 28.9 Å². The predicted molar refractivity (Wildman–Crippen MR) is 257 cm³/mol. The van der Waals surface area contributed by atoms with Crippen LogP contribution in [-0.4, -0.2) is 69.0 Å². The number of amides is 2. The summed E-state index contributed by atoms with van der Waals surface area (Å²) in [5.74, 6) is 0. The molecule has 0 aliphatic rings. The first-order chi connectivity index (χ1) is 28.8. The van der Waals surface area contributed by atoms with Crippen LogP contribution in [0, 0.1) is 0 Å². The first-order valence-corrected chi connectivity index (χ1v) is 21.6. The number of anilines is 3. The van der Waals surface area contributed by atoms with Crippen LogP contribution in [0.1, 0.15) is 56.7 Å². The van der Waals surface area contributed by atoms with Crippen LogP contribution in [0.25, 0.3) is 32.7 Å². The number of hydrogen-bond acceptors (Lipinski definition) is 6. The Labute approximate surface area is 385 Å². The maximum atomic E-state index is 12.2. The number of nitrogens with zero attached hydrogens (tertiary/aromatic N) is 3. The fourth-order valence-electron chi connectivity index (χ4n) is 5.34. The van der Waals surface area contributed by atoms with Crippen LogP contribution in [0.3, 0.4) is 0 Å². The van der Waals surface area contributed by atoms with Crippen molar-refractivity contribution in [3.63, 3.8) is 0 Å². The number of alkyl halides is 4. The summed E-state index contributed by atoms with van der Waals surface area (Å²) in [6.07, 6.45) is -1.15. The molecule has 0 radical (unpaired) electrons. The summed E-state index contributed by atoms with van der Waals surface area (Å²) in [5, 5.41) is 10.5. The predicted octanol–water partition coefficient (Wildman–Crippen LogP) is 14.1. The molecule has 2 amide bonds. The lowest BCUT2D eigenvalue weighted by Gasteiger charge is -2.25. The van der Waals surface area contributed by atoms with Gasteiger partial charge in [0.05, 0.1) is 37.5 Å². The van der Waals surface area contributed by atoms with Crippen molar-refractivity contribution in [2.24, 2.45) is 14.1 Å². The molecular formula is C43H55Cl3F3IN6O5. The third-order valence-electron chi connectivity index (χ3n) is 7.64. The Kier molecular flexibility index (Phi) is 21.1. The molecule has 0 unspecified atom stereocenters. The van der Waals surface area contributed by atoms with E-state index in [-0.39, 0.29) is 0 Å². The Balaban J connectivity index is 0.000000421. The number of rotatable bonds is 3. The number of fused-ring (bicyclic) bond motifs is 3. The lowest BCUT2D eigenvalue weighted by Crippen LogP contribution is -2.34. The summed E-state index contributed by atoms with van der Waals surface area (Å²) in [5.41, 5.74) is 4.38. The monoisotopic (exact) mass is 1030 g/mol. The Morgan fingerprint density at radius 2 is 1.26 bits per heavy atom. The molecule has 336 valence electrons. The molecule has 6 aromatic rings. The van der Waals surface area contributed by atoms with E-state index in [0.29, 0.717) is 22.6 Å². The Morgan fingerprint density at radius 1 is 0.803 bits per heavy atom. The zero-order valence-electron chi connectivity index (χ0n) is 37.2. The molecule has 6 rings (SSSR count). The molecule has 18 heteroatoms. The molecule has 0 saturated carbocycles. The van der Waals surface area contributed by atoms with Crippen LogP contribution in [-0.2, 0) is 28.4 Å². The minimum atomic E-state index is -4.64. The lowest BCUT2D eigenvalue weighted by molar-refractivity contribution is -0.156. The van der Waals surface area contributed by atoms with Crippen LogP contribution < -0.4 is 15.5 Å². The molecule has 3 N–H and O–H groups in total. The normalized spacial score (nSPS) is 11.0. The van der Waals surface area contributed by atoms with Crippen LogP contribution in [0.2, 0.25) is 15.1 Å². The number of aromatic amines is 1. The number of aldehydes is 1. The molecular weight excluding hydrogens is 971 g/mol. The maximum Gasteiger partial charge on any atom is 0.446 e. The van der Waals surface area contributed by atoms with Crippen LogP contribution in [0.4, 0.5) is 39.8 Å². The third kappa shape index (κ3) is 16.8. The van der Waals surface area contributed by atoms with Crippen molar-refractivity contribution in [3.05, 3.63) is 88.3 Å². The molecule has 0 atom stereocenters. The summed E-state index contributed by atoms with van der Waals surface area (Å²) < 4.78 is 52.0. The summed E-state index contributed by atoms with van der Waals surface area (Å²) in [6, 6.07) is 17.3. The van der Waals surface area contributed by atoms with Gasteiger partial charge in [-0.2, -0.15) is 13.2 Å². The van der Waals surface area contributed by atoms with Crippen LogP contribution in [0.15, 0.2) is 73.2 Å². The van der Waals surface area contributed by atoms with Gasteiger partial charge in [0, 0.05) is 75.5 Å². The van der Waals surface area contributed by atoms with Gasteiger partial charge in [-0.1, -0.05) is 89.4 Å². The van der Waals surface area contributed by atoms with Gasteiger partial charge >= 0.3 is 18.4 Å². The molecule has 3 aromatic carbocycles. The smallest absolute Gasteiger partial charge is 0.444 e. The summed E-state index contributed by atoms with van der Waals surface area (Å²) in [6.45, 7) is 13.3. The van der Waals surface area contributed by atoms with Crippen molar-refractivity contribution in [3.8, 4) is 0 Å². The van der Waals surface area contributed by atoms with Gasteiger partial charge in [-0.15, -0.1) is 0 Å². The van der Waals surface area contributed by atoms with Gasteiger partial charge in [0.15, 0.2) is 0 Å². The molecule has 0 spiro atoms. The van der Waals surface area contributed by atoms with E-state index >= 15 is 0 Å². The molecule has 0 fully saturated rings. The number of aromatic nitrogens is 3. The lowest BCUT2D eigenvalue weighted by atomic mass is 10.2. The van der Waals surface area contributed by atoms with Crippen molar-refractivity contribution in [2.45, 2.75) is 72.7 Å². The number of halogens is 7. The standard InChI is InChI=1S/C15H19ClN2O2.C13H15ClN2O2.C10H11ClN2.C2HF3O.C2H6.CH3I/c1-15(2,3)20-14(19)18(5)12-8-6-7-11-13(12)10(16)9-17(11)4;1-13(2,3)18-12(17)16-10-6-4-5-9-11(10)8(14)7-15-9;1-12-8-4-3-5-9-10(8)7(11)6-13(9)2;3-2(4,5)1-6;2*1-2/h6-9H,1-5H3;4-7,15H,1-3H3,(H,16,17);3-6,12H,1-2H3;1H;1-2H3;1H3/i;;;;1D;. The summed E-state index contributed by atoms with van der Waals surface area (Å²) >= 11 is 20.6. The topological polar surface area (TPSA) is 123 Å². The Bertz CT molecular complexity index is 2370. The summed E-state index contributed by atoms with van der Waals surface area (Å²) in [4.78, 5) is 39.1. The highest BCUT2D eigenvalue weighted by Crippen LogP contribution is 2.35. The van der Waals surface area contributed by atoms with Gasteiger partial charge in [-0.25, -0.2) is 9.59 Å². The Hall–Kier alpha value is -4.32. The van der Waals surface area contributed by atoms with Gasteiger partial charge in [-0.3, -0.25) is 15.0 Å². The van der Waals surface area contributed by atoms with E-state index in [0.717, 1.165) is 49.1 Å². The highest BCUT2D eigenvalue weighted by Gasteiger charge is 2.25. The average molecular weight is 1030 g/mol. The zero-order valence-corrected chi connectivity index (χ0v) is 40.7. The minimum absolute atomic E-state index is 0.398. The van der Waals surface area contributed by atoms with E-state index < -0.39 is 35.9 Å². The van der Waals surface area contributed by atoms with Gasteiger partial charge in [-0.05, 0) is 82.9 Å². The summed E-state index contributed by atoms with van der Waals surface area (Å²) in [7, 11) is 7.50. The largest absolute Gasteiger partial charge is 0.446 e. The molecule has 0 aliphatic carbocycles. The van der Waals surface area contributed by atoms with Crippen molar-refractivity contribution in [1.29, 1.82) is 0 Å². The number of nitrogens with one attached hydrogen (secondary N) is 3. The quantitative estimate of drug-likeness (QED) is 0.0922. The van der Waals surface area contributed by atoms with Gasteiger partial charge in [0.1, 0.15) is 11.2 Å². The highest BCUT2D eigenvalue weighted by molar-refractivity contribution is 14.1. The maximum absolute atomic E-state index is 12.2. The third-order valence-corrected chi connectivity index (χ3v) is 8.51. The second-order valence-electron chi connectivity index (χ2n) is 14.5. The molecule has 61 heavy (non-hydrogen) atoms. The number of ether oxygens (including phenoxy) is 2. The van der Waals surface area contributed by atoms with E-state index in [4.69, 9.17) is 50.4 Å². The van der Waals surface area contributed by atoms with E-state index in [2.05, 4.69) is 44.3 Å². The molecule has 3 aromatic heterocycles. The number of carbonyl (C=O) groups excluding carboxylic acids is 3. The number of hydrogen-bond donors (Lipinski definition) is 3. The zero-order chi connectivity index (χ0) is 47.7. The molecule has 0 aliphatic heterocycles. The Morgan fingerprint density at radius 3 is 1.75 bits per heavy atom. The molecule has 0 saturated heterocycles. The van der Waals surface area contributed by atoms with Crippen molar-refractivity contribution in [1.82, 2.24) is 14.1 Å². The van der Waals surface area contributed by atoms with E-state index in [1.165, 1.54) is 4.90 Å². The number of carbonyl (C=O) groups is 3. The van der Waals surface area contributed by atoms with Crippen LogP contribution in [0.5, 0.6) is 0 Å². The van der Waals surface area contributed by atoms with Gasteiger partial charge in [0.25, 0.3) is 0 Å². The fourth-order valence-corrected chi connectivity index (χ4v) is 6.28.